The van der Waals surface area contributed by atoms with Crippen LogP contribution in [-0.4, -0.2) is 23.2 Å². The number of benzene rings is 2. The van der Waals surface area contributed by atoms with Gasteiger partial charge in [-0.25, -0.2) is 0 Å². The highest BCUT2D eigenvalue weighted by Gasteiger charge is 2.21. The lowest BCUT2D eigenvalue weighted by molar-refractivity contribution is 0.0868. The van der Waals surface area contributed by atoms with Gasteiger partial charge in [0, 0.05) is 16.1 Å². The number of aliphatic hydroxyl groups excluding tert-OH is 1. The van der Waals surface area contributed by atoms with Gasteiger partial charge in [0.05, 0.1) is 6.10 Å². The van der Waals surface area contributed by atoms with Crippen molar-refractivity contribution in [2.45, 2.75) is 37.8 Å². The van der Waals surface area contributed by atoms with E-state index in [0.717, 1.165) is 40.9 Å². The SMILES string of the molecule is O=C(NC1CCC(O)CC1)c1ccc2cc(Br)ccc2c1. The maximum absolute atomic E-state index is 12.3. The van der Waals surface area contributed by atoms with Crippen LogP contribution in [0.2, 0.25) is 0 Å². The summed E-state index contributed by atoms with van der Waals surface area (Å²) in [5.74, 6) is -0.0267. The predicted octanol–water partition coefficient (Wildman–Crippen LogP) is 3.64. The number of nitrogens with one attached hydrogen (secondary N) is 1. The molecule has 0 saturated heterocycles. The first-order valence-corrected chi connectivity index (χ1v) is 8.09. The van der Waals surface area contributed by atoms with Crippen LogP contribution in [0.3, 0.4) is 0 Å². The zero-order valence-corrected chi connectivity index (χ0v) is 13.3. The van der Waals surface area contributed by atoms with Crippen molar-refractivity contribution in [1.29, 1.82) is 0 Å². The molecule has 0 unspecified atom stereocenters. The molecule has 2 aromatic rings. The second-order valence-electron chi connectivity index (χ2n) is 5.69. The van der Waals surface area contributed by atoms with Gasteiger partial charge >= 0.3 is 0 Å². The monoisotopic (exact) mass is 347 g/mol. The molecule has 1 saturated carbocycles. The molecule has 0 aliphatic heterocycles. The number of amides is 1. The molecular weight excluding hydrogens is 330 g/mol. The van der Waals surface area contributed by atoms with Crippen molar-refractivity contribution in [3.8, 4) is 0 Å². The molecule has 21 heavy (non-hydrogen) atoms. The second kappa shape index (κ2) is 6.16. The lowest BCUT2D eigenvalue weighted by Crippen LogP contribution is -2.38. The molecule has 2 aromatic carbocycles. The molecule has 2 N–H and O–H groups in total. The van der Waals surface area contributed by atoms with Gasteiger partial charge in [0.1, 0.15) is 0 Å². The molecule has 3 nitrogen and oxygen atoms in total. The van der Waals surface area contributed by atoms with Gasteiger partial charge in [-0.05, 0) is 60.7 Å². The van der Waals surface area contributed by atoms with E-state index in [2.05, 4.69) is 21.2 Å². The third-order valence-corrected chi connectivity index (χ3v) is 4.59. The molecule has 0 heterocycles. The van der Waals surface area contributed by atoms with Crippen molar-refractivity contribution in [3.63, 3.8) is 0 Å². The molecular formula is C17H18BrNO2. The highest BCUT2D eigenvalue weighted by atomic mass is 79.9. The number of fused-ring (bicyclic) bond motifs is 1. The number of hydrogen-bond acceptors (Lipinski definition) is 2. The van der Waals surface area contributed by atoms with Crippen LogP contribution in [0, 0.1) is 0 Å². The number of carbonyl (C=O) groups excluding carboxylic acids is 1. The van der Waals surface area contributed by atoms with Crippen molar-refractivity contribution in [3.05, 3.63) is 46.4 Å². The Balaban J connectivity index is 1.74. The first-order valence-electron chi connectivity index (χ1n) is 7.30. The third kappa shape index (κ3) is 3.44. The Labute approximate surface area is 132 Å². The van der Waals surface area contributed by atoms with Crippen LogP contribution in [0.4, 0.5) is 0 Å². The minimum atomic E-state index is -0.197. The predicted molar refractivity (Wildman–Crippen MR) is 87.4 cm³/mol. The fraction of sp³-hybridized carbons (Fsp3) is 0.353. The van der Waals surface area contributed by atoms with E-state index in [-0.39, 0.29) is 18.1 Å². The summed E-state index contributed by atoms with van der Waals surface area (Å²) in [6, 6.07) is 12.0. The zero-order chi connectivity index (χ0) is 14.8. The zero-order valence-electron chi connectivity index (χ0n) is 11.7. The van der Waals surface area contributed by atoms with Crippen molar-refractivity contribution >= 4 is 32.6 Å². The van der Waals surface area contributed by atoms with E-state index < -0.39 is 0 Å². The van der Waals surface area contributed by atoms with Gasteiger partial charge in [-0.3, -0.25) is 4.79 Å². The molecule has 1 amide bonds. The summed E-state index contributed by atoms with van der Waals surface area (Å²) in [5, 5.41) is 14.7. The lowest BCUT2D eigenvalue weighted by atomic mass is 9.93. The first-order chi connectivity index (χ1) is 10.1. The first kappa shape index (κ1) is 14.5. The summed E-state index contributed by atoms with van der Waals surface area (Å²) in [7, 11) is 0. The molecule has 0 radical (unpaired) electrons. The summed E-state index contributed by atoms with van der Waals surface area (Å²) >= 11 is 3.45. The quantitative estimate of drug-likeness (QED) is 0.871. The van der Waals surface area contributed by atoms with Gasteiger partial charge in [-0.1, -0.05) is 28.1 Å². The van der Waals surface area contributed by atoms with Crippen molar-refractivity contribution in [2.75, 3.05) is 0 Å². The largest absolute Gasteiger partial charge is 0.393 e. The van der Waals surface area contributed by atoms with Crippen LogP contribution in [0.25, 0.3) is 10.8 Å². The molecule has 0 aromatic heterocycles. The van der Waals surface area contributed by atoms with Crippen LogP contribution >= 0.6 is 15.9 Å². The fourth-order valence-corrected chi connectivity index (χ4v) is 3.23. The van der Waals surface area contributed by atoms with Gasteiger partial charge in [0.2, 0.25) is 0 Å². The van der Waals surface area contributed by atoms with Gasteiger partial charge in [0.25, 0.3) is 5.91 Å². The van der Waals surface area contributed by atoms with Crippen LogP contribution in [0.5, 0.6) is 0 Å². The Bertz CT molecular complexity index is 663. The maximum atomic E-state index is 12.3. The van der Waals surface area contributed by atoms with Crippen LogP contribution in [0.15, 0.2) is 40.9 Å². The number of rotatable bonds is 2. The Kier molecular flexibility index (Phi) is 4.27. The molecule has 1 aliphatic rings. The molecule has 1 aliphatic carbocycles. The van der Waals surface area contributed by atoms with E-state index in [1.165, 1.54) is 0 Å². The van der Waals surface area contributed by atoms with E-state index in [0.29, 0.717) is 5.56 Å². The van der Waals surface area contributed by atoms with Gasteiger partial charge in [0.15, 0.2) is 0 Å². The maximum Gasteiger partial charge on any atom is 0.251 e. The van der Waals surface area contributed by atoms with Crippen LogP contribution in [-0.2, 0) is 0 Å². The topological polar surface area (TPSA) is 49.3 Å². The van der Waals surface area contributed by atoms with Crippen molar-refractivity contribution in [2.24, 2.45) is 0 Å². The molecule has 110 valence electrons. The average molecular weight is 348 g/mol. The Morgan fingerprint density at radius 3 is 2.48 bits per heavy atom. The standard InChI is InChI=1S/C17H18BrNO2/c18-14-4-3-11-9-13(2-1-12(11)10-14)17(21)19-15-5-7-16(20)8-6-15/h1-4,9-10,15-16,20H,5-8H2,(H,19,21). The molecule has 0 spiro atoms. The highest BCUT2D eigenvalue weighted by Crippen LogP contribution is 2.22. The third-order valence-electron chi connectivity index (χ3n) is 4.10. The Morgan fingerprint density at radius 1 is 1.05 bits per heavy atom. The van der Waals surface area contributed by atoms with E-state index in [1.807, 2.05) is 36.4 Å². The number of aliphatic hydroxyl groups is 1. The number of carbonyl (C=O) groups is 1. The summed E-state index contributed by atoms with van der Waals surface area (Å²) in [6.45, 7) is 0. The fourth-order valence-electron chi connectivity index (χ4n) is 2.85. The van der Waals surface area contributed by atoms with E-state index in [4.69, 9.17) is 0 Å². The Morgan fingerprint density at radius 2 is 1.71 bits per heavy atom. The van der Waals surface area contributed by atoms with Gasteiger partial charge in [-0.15, -0.1) is 0 Å². The average Bonchev–Trinajstić information content (AvgIpc) is 2.49. The molecule has 3 rings (SSSR count). The minimum absolute atomic E-state index is 0.0267. The number of hydrogen-bond donors (Lipinski definition) is 2. The molecule has 4 heteroatoms. The molecule has 1 fully saturated rings. The van der Waals surface area contributed by atoms with E-state index >= 15 is 0 Å². The van der Waals surface area contributed by atoms with Crippen molar-refractivity contribution < 1.29 is 9.90 Å². The summed E-state index contributed by atoms with van der Waals surface area (Å²) in [5.41, 5.74) is 0.691. The smallest absolute Gasteiger partial charge is 0.251 e. The van der Waals surface area contributed by atoms with Crippen LogP contribution < -0.4 is 5.32 Å². The van der Waals surface area contributed by atoms with E-state index in [1.54, 1.807) is 0 Å². The van der Waals surface area contributed by atoms with E-state index in [9.17, 15) is 9.90 Å². The van der Waals surface area contributed by atoms with Crippen molar-refractivity contribution in [1.82, 2.24) is 5.32 Å². The summed E-state index contributed by atoms with van der Waals surface area (Å²) in [6.07, 6.45) is 3.06. The van der Waals surface area contributed by atoms with Gasteiger partial charge < -0.3 is 10.4 Å². The lowest BCUT2D eigenvalue weighted by Gasteiger charge is -2.26. The van der Waals surface area contributed by atoms with Gasteiger partial charge in [-0.2, -0.15) is 0 Å². The normalized spacial score (nSPS) is 22.2. The molecule has 0 bridgehead atoms. The summed E-state index contributed by atoms with van der Waals surface area (Å²) < 4.78 is 1.04. The van der Waals surface area contributed by atoms with Crippen LogP contribution in [0.1, 0.15) is 36.0 Å². The summed E-state index contributed by atoms with van der Waals surface area (Å²) in [4.78, 5) is 12.3. The highest BCUT2D eigenvalue weighted by molar-refractivity contribution is 9.10. The second-order valence-corrected chi connectivity index (χ2v) is 6.60. The molecule has 0 atom stereocenters. The minimum Gasteiger partial charge on any atom is -0.393 e. The Hall–Kier alpha value is -1.39. The number of halogens is 1.